The smallest absolute Gasteiger partial charge is 0.251 e. The molecule has 0 radical (unpaired) electrons. The molecule has 4 aromatic rings. The fourth-order valence-electron chi connectivity index (χ4n) is 6.00. The molecule has 12 nitrogen and oxygen atoms in total. The summed E-state index contributed by atoms with van der Waals surface area (Å²) in [5.74, 6) is 3.26. The lowest BCUT2D eigenvalue weighted by atomic mass is 10.1. The second-order valence-electron chi connectivity index (χ2n) is 11.9. The second-order valence-corrected chi connectivity index (χ2v) is 11.9. The molecule has 41 heavy (non-hydrogen) atoms. The summed E-state index contributed by atoms with van der Waals surface area (Å²) in [7, 11) is 0. The van der Waals surface area contributed by atoms with E-state index in [0.29, 0.717) is 29.9 Å². The van der Waals surface area contributed by atoms with E-state index < -0.39 is 0 Å². The van der Waals surface area contributed by atoms with Gasteiger partial charge in [0, 0.05) is 36.2 Å². The molecule has 3 saturated carbocycles. The van der Waals surface area contributed by atoms with Gasteiger partial charge in [0.25, 0.3) is 5.95 Å². The zero-order chi connectivity index (χ0) is 27.8. The third kappa shape index (κ3) is 4.47. The van der Waals surface area contributed by atoms with Gasteiger partial charge < -0.3 is 5.32 Å². The molecular weight excluding hydrogens is 520 g/mol. The SMILES string of the molecule is Cc1ccnc(C2CC2C(=O)Nc2nncc(N[C@H](C)c3cc4cc(C5CC5)cc(N5CC6CC6C5=O)n4n3)n2)n1. The first-order valence-corrected chi connectivity index (χ1v) is 14.3. The molecule has 4 unspecified atom stereocenters. The molecule has 1 aliphatic heterocycles. The monoisotopic (exact) mass is 550 g/mol. The summed E-state index contributed by atoms with van der Waals surface area (Å²) in [6, 6.07) is 8.04. The lowest BCUT2D eigenvalue weighted by Crippen LogP contribution is -2.30. The molecule has 3 aliphatic carbocycles. The molecule has 208 valence electrons. The number of aromatic nitrogens is 7. The largest absolute Gasteiger partial charge is 0.360 e. The van der Waals surface area contributed by atoms with Crippen LogP contribution in [0.5, 0.6) is 0 Å². The number of rotatable bonds is 8. The van der Waals surface area contributed by atoms with E-state index in [-0.39, 0.29) is 41.6 Å². The summed E-state index contributed by atoms with van der Waals surface area (Å²) in [5.41, 5.74) is 3.96. The van der Waals surface area contributed by atoms with Crippen LogP contribution in [0.25, 0.3) is 5.52 Å². The summed E-state index contributed by atoms with van der Waals surface area (Å²) >= 11 is 0. The number of anilines is 3. The highest BCUT2D eigenvalue weighted by Gasteiger charge is 2.53. The lowest BCUT2D eigenvalue weighted by molar-refractivity contribution is -0.119. The van der Waals surface area contributed by atoms with Crippen molar-refractivity contribution in [2.45, 2.75) is 57.4 Å². The Morgan fingerprint density at radius 3 is 2.78 bits per heavy atom. The van der Waals surface area contributed by atoms with Crippen LogP contribution in [-0.2, 0) is 9.59 Å². The van der Waals surface area contributed by atoms with Gasteiger partial charge in [-0.3, -0.25) is 19.8 Å². The number of pyridine rings is 1. The van der Waals surface area contributed by atoms with Gasteiger partial charge in [0.05, 0.1) is 23.4 Å². The summed E-state index contributed by atoms with van der Waals surface area (Å²) in [6.45, 7) is 4.68. The van der Waals surface area contributed by atoms with Crippen LogP contribution in [0, 0.1) is 24.7 Å². The Bertz CT molecular complexity index is 1710. The van der Waals surface area contributed by atoms with Gasteiger partial charge in [-0.2, -0.15) is 15.2 Å². The van der Waals surface area contributed by atoms with Crippen molar-refractivity contribution in [3.63, 3.8) is 0 Å². The number of hydrogen-bond donors (Lipinski definition) is 2. The van der Waals surface area contributed by atoms with Crippen molar-refractivity contribution in [3.8, 4) is 0 Å². The molecule has 8 rings (SSSR count). The number of hydrogen-bond acceptors (Lipinski definition) is 9. The number of nitrogens with zero attached hydrogens (tertiary/aromatic N) is 8. The number of nitrogens with one attached hydrogen (secondary N) is 2. The average molecular weight is 551 g/mol. The van der Waals surface area contributed by atoms with Gasteiger partial charge in [-0.25, -0.2) is 14.5 Å². The summed E-state index contributed by atoms with van der Waals surface area (Å²) in [6.07, 6.45) is 7.33. The second kappa shape index (κ2) is 9.02. The van der Waals surface area contributed by atoms with Crippen molar-refractivity contribution < 1.29 is 9.59 Å². The molecular formula is C29H30N10O2. The highest BCUT2D eigenvalue weighted by molar-refractivity contribution is 5.99. The highest BCUT2D eigenvalue weighted by Crippen LogP contribution is 2.49. The van der Waals surface area contributed by atoms with Crippen molar-refractivity contribution in [1.82, 2.24) is 34.8 Å². The van der Waals surface area contributed by atoms with Crippen molar-refractivity contribution in [2.24, 2.45) is 17.8 Å². The molecule has 0 aromatic carbocycles. The van der Waals surface area contributed by atoms with Crippen molar-refractivity contribution in [3.05, 3.63) is 59.4 Å². The first-order chi connectivity index (χ1) is 19.9. The van der Waals surface area contributed by atoms with Crippen molar-refractivity contribution in [2.75, 3.05) is 22.1 Å². The fourth-order valence-corrected chi connectivity index (χ4v) is 6.00. The van der Waals surface area contributed by atoms with Crippen LogP contribution in [0.2, 0.25) is 0 Å². The number of piperidine rings is 1. The van der Waals surface area contributed by atoms with Crippen LogP contribution in [0.1, 0.15) is 73.3 Å². The Hall–Kier alpha value is -4.48. The predicted molar refractivity (Wildman–Crippen MR) is 149 cm³/mol. The fraction of sp³-hybridized carbons (Fsp3) is 0.448. The van der Waals surface area contributed by atoms with Crippen LogP contribution in [-0.4, -0.2) is 53.1 Å². The predicted octanol–water partition coefficient (Wildman–Crippen LogP) is 3.39. The van der Waals surface area contributed by atoms with Crippen LogP contribution in [0.4, 0.5) is 17.6 Å². The van der Waals surface area contributed by atoms with Gasteiger partial charge in [0.15, 0.2) is 5.82 Å². The summed E-state index contributed by atoms with van der Waals surface area (Å²) < 4.78 is 1.90. The van der Waals surface area contributed by atoms with E-state index in [9.17, 15) is 9.59 Å². The van der Waals surface area contributed by atoms with Gasteiger partial charge >= 0.3 is 0 Å². The molecule has 0 spiro atoms. The Balaban J connectivity index is 0.987. The van der Waals surface area contributed by atoms with Crippen molar-refractivity contribution >= 4 is 34.9 Å². The minimum Gasteiger partial charge on any atom is -0.360 e. The van der Waals surface area contributed by atoms with Gasteiger partial charge in [-0.1, -0.05) is 0 Å². The molecule has 5 atom stereocenters. The standard InChI is InChI=1S/C29H30N10O2/c1-14-5-6-30-26(32-14)21-11-22(21)27(40)35-29-34-24(12-31-36-29)33-15(2)23-10-19-7-17(16-3-4-16)9-25(39(19)37-23)38-13-18-8-20(18)28(38)41/h5-7,9-10,12,15-16,18,20-22H,3-4,8,11,13H2,1-2H3,(H2,33,34,35,36,40)/t15-,18?,20?,21?,22?/m1/s1. The topological polar surface area (TPSA) is 143 Å². The normalized spacial score (nSPS) is 25.2. The molecule has 12 heteroatoms. The molecule has 4 aliphatic rings. The Kier molecular flexibility index (Phi) is 5.35. The molecule has 4 fully saturated rings. The van der Waals surface area contributed by atoms with E-state index in [2.05, 4.69) is 54.0 Å². The zero-order valence-electron chi connectivity index (χ0n) is 22.9. The molecule has 0 bridgehead atoms. The van der Waals surface area contributed by atoms with E-state index in [1.54, 1.807) is 6.20 Å². The van der Waals surface area contributed by atoms with Gasteiger partial charge in [-0.05, 0) is 81.2 Å². The zero-order valence-corrected chi connectivity index (χ0v) is 22.9. The Morgan fingerprint density at radius 2 is 2.00 bits per heavy atom. The van der Waals surface area contributed by atoms with Crippen LogP contribution >= 0.6 is 0 Å². The number of amides is 2. The van der Waals surface area contributed by atoms with Crippen molar-refractivity contribution in [1.29, 1.82) is 0 Å². The third-order valence-electron chi connectivity index (χ3n) is 8.71. The van der Waals surface area contributed by atoms with E-state index in [0.717, 1.165) is 35.7 Å². The summed E-state index contributed by atoms with van der Waals surface area (Å²) in [5, 5.41) is 19.1. The summed E-state index contributed by atoms with van der Waals surface area (Å²) in [4.78, 5) is 40.9. The lowest BCUT2D eigenvalue weighted by Gasteiger charge is -2.20. The molecule has 4 aromatic heterocycles. The molecule has 1 saturated heterocycles. The minimum absolute atomic E-state index is 0.00574. The average Bonchev–Trinajstić information content (AvgIpc) is 3.87. The van der Waals surface area contributed by atoms with Crippen LogP contribution in [0.3, 0.4) is 0 Å². The maximum absolute atomic E-state index is 12.9. The van der Waals surface area contributed by atoms with Crippen LogP contribution in [0.15, 0.2) is 36.7 Å². The highest BCUT2D eigenvalue weighted by atomic mass is 16.2. The maximum Gasteiger partial charge on any atom is 0.251 e. The van der Waals surface area contributed by atoms with Crippen LogP contribution < -0.4 is 15.5 Å². The van der Waals surface area contributed by atoms with E-state index >= 15 is 0 Å². The van der Waals surface area contributed by atoms with E-state index in [1.807, 2.05) is 29.3 Å². The molecule has 5 heterocycles. The quantitative estimate of drug-likeness (QED) is 0.337. The first kappa shape index (κ1) is 24.3. The maximum atomic E-state index is 12.9. The first-order valence-electron chi connectivity index (χ1n) is 14.3. The van der Waals surface area contributed by atoms with E-state index in [1.165, 1.54) is 24.6 Å². The minimum atomic E-state index is -0.211. The number of carbonyl (C=O) groups is 2. The Labute approximate surface area is 236 Å². The van der Waals surface area contributed by atoms with Gasteiger partial charge in [-0.15, -0.1) is 5.10 Å². The number of fused-ring (bicyclic) bond motifs is 2. The molecule has 2 N–H and O–H groups in total. The molecule has 2 amide bonds. The number of aryl methyl sites for hydroxylation is 1. The van der Waals surface area contributed by atoms with E-state index in [4.69, 9.17) is 5.10 Å². The number of carbonyl (C=O) groups excluding carboxylic acids is 2. The van der Waals surface area contributed by atoms with Gasteiger partial charge in [0.2, 0.25) is 11.8 Å². The Morgan fingerprint density at radius 1 is 1.12 bits per heavy atom. The van der Waals surface area contributed by atoms with Gasteiger partial charge in [0.1, 0.15) is 11.6 Å². The third-order valence-corrected chi connectivity index (χ3v) is 8.71.